The summed E-state index contributed by atoms with van der Waals surface area (Å²) in [6.45, 7) is 7.43. The molecule has 3 N–H and O–H groups in total. The maximum Gasteiger partial charge on any atom is 0.328 e. The van der Waals surface area contributed by atoms with Crippen molar-refractivity contribution in [2.45, 2.75) is 52.2 Å². The van der Waals surface area contributed by atoms with Crippen LogP contribution in [0.1, 0.15) is 40.5 Å². The van der Waals surface area contributed by atoms with Crippen LogP contribution in [-0.2, 0) is 14.3 Å². The van der Waals surface area contributed by atoms with Crippen molar-refractivity contribution >= 4 is 11.9 Å². The van der Waals surface area contributed by atoms with E-state index in [1.807, 2.05) is 0 Å². The smallest absolute Gasteiger partial charge is 0.328 e. The van der Waals surface area contributed by atoms with Crippen molar-refractivity contribution in [3.63, 3.8) is 0 Å². The Morgan fingerprint density at radius 1 is 1.38 bits per heavy atom. The normalized spacial score (nSPS) is 13.1. The minimum atomic E-state index is -0.621. The van der Waals surface area contributed by atoms with Gasteiger partial charge in [0.2, 0.25) is 5.91 Å². The molecular weight excluding hydrogens is 208 g/mol. The monoisotopic (exact) mass is 230 g/mol. The predicted octanol–water partition coefficient (Wildman–Crippen LogP) is 0.572. The van der Waals surface area contributed by atoms with E-state index in [2.05, 4.69) is 5.32 Å². The molecule has 5 heteroatoms. The molecule has 0 radical (unpaired) electrons. The number of carbonyl (C=O) groups excluding carboxylic acids is 2. The average Bonchev–Trinajstić information content (AvgIpc) is 2.11. The Labute approximate surface area is 96.7 Å². The van der Waals surface area contributed by atoms with Crippen LogP contribution in [0.5, 0.6) is 0 Å². The first kappa shape index (κ1) is 14.9. The van der Waals surface area contributed by atoms with Gasteiger partial charge in [-0.25, -0.2) is 4.79 Å². The number of nitrogens with two attached hydrogens (primary N) is 1. The highest BCUT2D eigenvalue weighted by molar-refractivity contribution is 5.84. The number of carbonyl (C=O) groups is 2. The van der Waals surface area contributed by atoms with E-state index in [0.29, 0.717) is 19.4 Å². The topological polar surface area (TPSA) is 81.4 Å². The molecule has 0 saturated carbocycles. The summed E-state index contributed by atoms with van der Waals surface area (Å²) < 4.78 is 5.13. The van der Waals surface area contributed by atoms with Gasteiger partial charge in [-0.2, -0.15) is 0 Å². The molecule has 16 heavy (non-hydrogen) atoms. The van der Waals surface area contributed by atoms with Gasteiger partial charge in [-0.05, 0) is 40.7 Å². The maximum atomic E-state index is 11.5. The molecule has 0 aliphatic rings. The molecule has 0 fully saturated rings. The van der Waals surface area contributed by atoms with Crippen molar-refractivity contribution in [3.05, 3.63) is 0 Å². The summed E-state index contributed by atoms with van der Waals surface area (Å²) in [5, 5.41) is 2.57. The lowest BCUT2D eigenvalue weighted by Gasteiger charge is -2.22. The van der Waals surface area contributed by atoms with Gasteiger partial charge in [0.25, 0.3) is 0 Å². The summed E-state index contributed by atoms with van der Waals surface area (Å²) >= 11 is 0. The van der Waals surface area contributed by atoms with Crippen LogP contribution in [0.2, 0.25) is 0 Å². The van der Waals surface area contributed by atoms with E-state index in [4.69, 9.17) is 10.5 Å². The molecule has 1 amide bonds. The van der Waals surface area contributed by atoms with E-state index in [1.165, 1.54) is 0 Å². The van der Waals surface area contributed by atoms with E-state index in [1.54, 1.807) is 27.7 Å². The number of hydrogen-bond donors (Lipinski definition) is 2. The number of hydrogen-bond acceptors (Lipinski definition) is 4. The standard InChI is InChI=1S/C11H22N2O3/c1-8(10(15)16-11(2,3)4)13-9(14)6-5-7-12/h8H,5-7,12H2,1-4H3,(H,13,14). The molecule has 0 heterocycles. The molecule has 0 aromatic rings. The minimum absolute atomic E-state index is 0.177. The summed E-state index contributed by atoms with van der Waals surface area (Å²) in [5.41, 5.74) is 4.74. The molecule has 5 nitrogen and oxygen atoms in total. The van der Waals surface area contributed by atoms with E-state index in [0.717, 1.165) is 0 Å². The first-order valence-corrected chi connectivity index (χ1v) is 5.48. The summed E-state index contributed by atoms with van der Waals surface area (Å²) in [6, 6.07) is -0.621. The van der Waals surface area contributed by atoms with Gasteiger partial charge >= 0.3 is 5.97 Å². The van der Waals surface area contributed by atoms with Crippen molar-refractivity contribution in [2.75, 3.05) is 6.54 Å². The minimum Gasteiger partial charge on any atom is -0.458 e. The van der Waals surface area contributed by atoms with Crippen molar-refractivity contribution in [1.29, 1.82) is 0 Å². The van der Waals surface area contributed by atoms with E-state index < -0.39 is 17.6 Å². The molecule has 0 aromatic heterocycles. The van der Waals surface area contributed by atoms with Crippen LogP contribution >= 0.6 is 0 Å². The van der Waals surface area contributed by atoms with E-state index in [9.17, 15) is 9.59 Å². The number of ether oxygens (including phenoxy) is 1. The maximum absolute atomic E-state index is 11.5. The van der Waals surface area contributed by atoms with Crippen molar-refractivity contribution in [3.8, 4) is 0 Å². The van der Waals surface area contributed by atoms with Gasteiger partial charge in [0.1, 0.15) is 11.6 Å². The van der Waals surface area contributed by atoms with Crippen LogP contribution in [0.25, 0.3) is 0 Å². The fraction of sp³-hybridized carbons (Fsp3) is 0.818. The number of esters is 1. The zero-order valence-corrected chi connectivity index (χ0v) is 10.5. The molecule has 0 spiro atoms. The lowest BCUT2D eigenvalue weighted by molar-refractivity contribution is -0.158. The van der Waals surface area contributed by atoms with Gasteiger partial charge in [0, 0.05) is 6.42 Å². The molecule has 1 atom stereocenters. The Hall–Kier alpha value is -1.10. The first-order valence-electron chi connectivity index (χ1n) is 5.48. The molecule has 0 aliphatic carbocycles. The second-order valence-corrected chi connectivity index (χ2v) is 4.71. The molecule has 1 unspecified atom stereocenters. The average molecular weight is 230 g/mol. The summed E-state index contributed by atoms with van der Waals surface area (Å²) in [4.78, 5) is 22.8. The molecule has 0 rings (SSSR count). The highest BCUT2D eigenvalue weighted by atomic mass is 16.6. The van der Waals surface area contributed by atoms with Crippen molar-refractivity contribution < 1.29 is 14.3 Å². The second kappa shape index (κ2) is 6.48. The predicted molar refractivity (Wildman–Crippen MR) is 61.7 cm³/mol. The molecule has 0 saturated heterocycles. The van der Waals surface area contributed by atoms with Gasteiger partial charge in [-0.1, -0.05) is 0 Å². The third kappa shape index (κ3) is 7.23. The van der Waals surface area contributed by atoms with Crippen LogP contribution in [0, 0.1) is 0 Å². The quantitative estimate of drug-likeness (QED) is 0.677. The van der Waals surface area contributed by atoms with Gasteiger partial charge in [-0.15, -0.1) is 0 Å². The van der Waals surface area contributed by atoms with Gasteiger partial charge in [0.15, 0.2) is 0 Å². The zero-order valence-electron chi connectivity index (χ0n) is 10.5. The lowest BCUT2D eigenvalue weighted by Crippen LogP contribution is -2.42. The Bertz CT molecular complexity index is 246. The highest BCUT2D eigenvalue weighted by Crippen LogP contribution is 2.08. The summed E-state index contributed by atoms with van der Waals surface area (Å²) in [5.74, 6) is -0.600. The fourth-order valence-electron chi connectivity index (χ4n) is 1.03. The van der Waals surface area contributed by atoms with Crippen molar-refractivity contribution in [2.24, 2.45) is 5.73 Å². The number of amides is 1. The first-order chi connectivity index (χ1) is 7.26. The molecule has 0 aromatic carbocycles. The lowest BCUT2D eigenvalue weighted by atomic mass is 10.2. The van der Waals surface area contributed by atoms with Gasteiger partial charge in [0.05, 0.1) is 0 Å². The van der Waals surface area contributed by atoms with E-state index >= 15 is 0 Å². The third-order valence-electron chi connectivity index (χ3n) is 1.75. The Balaban J connectivity index is 4.01. The third-order valence-corrected chi connectivity index (χ3v) is 1.75. The Kier molecular flexibility index (Phi) is 6.03. The summed E-state index contributed by atoms with van der Waals surface area (Å²) in [7, 11) is 0. The zero-order chi connectivity index (χ0) is 12.8. The summed E-state index contributed by atoms with van der Waals surface area (Å²) in [6.07, 6.45) is 0.955. The Morgan fingerprint density at radius 3 is 2.38 bits per heavy atom. The second-order valence-electron chi connectivity index (χ2n) is 4.71. The number of nitrogens with one attached hydrogen (secondary N) is 1. The van der Waals surface area contributed by atoms with Crippen LogP contribution in [0.15, 0.2) is 0 Å². The largest absolute Gasteiger partial charge is 0.458 e. The van der Waals surface area contributed by atoms with Crippen LogP contribution in [0.3, 0.4) is 0 Å². The van der Waals surface area contributed by atoms with Gasteiger partial charge < -0.3 is 15.8 Å². The van der Waals surface area contributed by atoms with Crippen molar-refractivity contribution in [1.82, 2.24) is 5.32 Å². The van der Waals surface area contributed by atoms with Crippen LogP contribution in [-0.4, -0.2) is 30.1 Å². The number of rotatable bonds is 5. The van der Waals surface area contributed by atoms with Gasteiger partial charge in [-0.3, -0.25) is 4.79 Å². The molecule has 0 bridgehead atoms. The van der Waals surface area contributed by atoms with Crippen LogP contribution < -0.4 is 11.1 Å². The van der Waals surface area contributed by atoms with E-state index in [-0.39, 0.29) is 5.91 Å². The SMILES string of the molecule is CC(NC(=O)CCCN)C(=O)OC(C)(C)C. The Morgan fingerprint density at radius 2 is 1.94 bits per heavy atom. The fourth-order valence-corrected chi connectivity index (χ4v) is 1.03. The molecular formula is C11H22N2O3. The highest BCUT2D eigenvalue weighted by Gasteiger charge is 2.22. The molecule has 0 aliphatic heterocycles. The molecule has 94 valence electrons. The van der Waals surface area contributed by atoms with Crippen LogP contribution in [0.4, 0.5) is 0 Å².